The van der Waals surface area contributed by atoms with E-state index in [0.717, 1.165) is 73.5 Å². The summed E-state index contributed by atoms with van der Waals surface area (Å²) in [6, 6.07) is 10.3. The van der Waals surface area contributed by atoms with E-state index in [0.29, 0.717) is 17.8 Å². The van der Waals surface area contributed by atoms with Gasteiger partial charge in [0.1, 0.15) is 5.82 Å². The van der Waals surface area contributed by atoms with Gasteiger partial charge in [-0.1, -0.05) is 6.07 Å². The summed E-state index contributed by atoms with van der Waals surface area (Å²) < 4.78 is 1.80. The number of H-pyrrole nitrogens is 1. The lowest BCUT2D eigenvalue weighted by Crippen LogP contribution is -2.48. The summed E-state index contributed by atoms with van der Waals surface area (Å²) in [5.41, 5.74) is 5.20. The molecular weight excluding hydrogens is 428 g/mol. The Kier molecular flexibility index (Phi) is 5.26. The summed E-state index contributed by atoms with van der Waals surface area (Å²) in [6.07, 6.45) is 7.83. The van der Waals surface area contributed by atoms with Gasteiger partial charge in [0.05, 0.1) is 17.2 Å². The van der Waals surface area contributed by atoms with Crippen LogP contribution in [0.25, 0.3) is 22.2 Å². The number of pyridine rings is 1. The summed E-state index contributed by atoms with van der Waals surface area (Å²) in [4.78, 5) is 29.2. The van der Waals surface area contributed by atoms with Crippen molar-refractivity contribution in [2.75, 3.05) is 31.5 Å². The Morgan fingerprint density at radius 3 is 2.74 bits per heavy atom. The molecule has 34 heavy (non-hydrogen) atoms. The maximum atomic E-state index is 12.3. The molecule has 3 aromatic heterocycles. The molecule has 9 heteroatoms. The van der Waals surface area contributed by atoms with E-state index in [1.807, 2.05) is 42.7 Å². The number of hydrogen-bond donors (Lipinski definition) is 2. The molecule has 0 bridgehead atoms. The Labute approximate surface area is 197 Å². The summed E-state index contributed by atoms with van der Waals surface area (Å²) in [6.45, 7) is 4.31. The maximum Gasteiger partial charge on any atom is 0.225 e. The zero-order valence-electron chi connectivity index (χ0n) is 19.2. The number of carbonyl (C=O) groups is 1. The Morgan fingerprint density at radius 1 is 1.12 bits per heavy atom. The number of aryl methyl sites for hydroxylation is 1. The van der Waals surface area contributed by atoms with Gasteiger partial charge in [0.15, 0.2) is 0 Å². The highest BCUT2D eigenvalue weighted by Gasteiger charge is 2.34. The number of nitrogens with zero attached hydrogens (tertiary/aromatic N) is 6. The number of hydrogen-bond acceptors (Lipinski definition) is 6. The molecule has 2 aliphatic rings. The zero-order valence-corrected chi connectivity index (χ0v) is 19.2. The second-order valence-corrected chi connectivity index (χ2v) is 9.27. The Hall–Kier alpha value is -3.72. The van der Waals surface area contributed by atoms with Gasteiger partial charge in [-0.25, -0.2) is 9.97 Å². The first-order valence-corrected chi connectivity index (χ1v) is 11.8. The van der Waals surface area contributed by atoms with Crippen molar-refractivity contribution in [2.45, 2.75) is 19.4 Å². The number of fused-ring (bicyclic) bond motifs is 1. The molecule has 0 radical (unpaired) electrons. The van der Waals surface area contributed by atoms with Crippen molar-refractivity contribution in [3.8, 4) is 11.1 Å². The molecule has 1 aliphatic carbocycles. The third-order valence-corrected chi connectivity index (χ3v) is 6.61. The standard InChI is InChI=1S/C25H28N8O/c1-31-16-20(14-27-31)19-4-5-21-22(13-19)29-25(28-21)30-23-12-17(6-7-26-23)15-32-8-10-33(11-9-32)24(34)18-2-3-18/h4-7,12-14,16,18H,2-3,8-11,15H2,1H3,(H2,26,28,29,30). The lowest BCUT2D eigenvalue weighted by molar-refractivity contribution is -0.134. The summed E-state index contributed by atoms with van der Waals surface area (Å²) in [5.74, 6) is 2.08. The van der Waals surface area contributed by atoms with E-state index in [4.69, 9.17) is 0 Å². The van der Waals surface area contributed by atoms with E-state index < -0.39 is 0 Å². The monoisotopic (exact) mass is 456 g/mol. The van der Waals surface area contributed by atoms with Gasteiger partial charge in [-0.05, 0) is 48.2 Å². The second-order valence-electron chi connectivity index (χ2n) is 9.27. The molecule has 0 spiro atoms. The van der Waals surface area contributed by atoms with Crippen LogP contribution in [0.15, 0.2) is 48.9 Å². The highest BCUT2D eigenvalue weighted by atomic mass is 16.2. The smallest absolute Gasteiger partial charge is 0.225 e. The number of aromatic amines is 1. The molecule has 0 atom stereocenters. The maximum absolute atomic E-state index is 12.3. The van der Waals surface area contributed by atoms with Crippen LogP contribution < -0.4 is 5.32 Å². The first-order chi connectivity index (χ1) is 16.6. The number of imidazole rings is 1. The molecule has 6 rings (SSSR count). The van der Waals surface area contributed by atoms with Gasteiger partial charge in [0.25, 0.3) is 0 Å². The van der Waals surface area contributed by atoms with E-state index in [1.54, 1.807) is 4.68 Å². The van der Waals surface area contributed by atoms with Crippen molar-refractivity contribution in [2.24, 2.45) is 13.0 Å². The number of carbonyl (C=O) groups excluding carboxylic acids is 1. The van der Waals surface area contributed by atoms with Crippen LogP contribution in [0.4, 0.5) is 11.8 Å². The van der Waals surface area contributed by atoms with Crippen LogP contribution in [-0.4, -0.2) is 66.6 Å². The number of amides is 1. The lowest BCUT2D eigenvalue weighted by Gasteiger charge is -2.34. The molecule has 1 aromatic carbocycles. The van der Waals surface area contributed by atoms with Crippen LogP contribution in [0.5, 0.6) is 0 Å². The lowest BCUT2D eigenvalue weighted by atomic mass is 10.1. The predicted molar refractivity (Wildman–Crippen MR) is 130 cm³/mol. The molecule has 2 fully saturated rings. The minimum absolute atomic E-state index is 0.306. The zero-order chi connectivity index (χ0) is 23.1. The fourth-order valence-corrected chi connectivity index (χ4v) is 4.55. The molecule has 174 valence electrons. The Balaban J connectivity index is 1.11. The summed E-state index contributed by atoms with van der Waals surface area (Å²) in [5, 5.41) is 7.56. The summed E-state index contributed by atoms with van der Waals surface area (Å²) >= 11 is 0. The molecular formula is C25H28N8O. The van der Waals surface area contributed by atoms with Crippen LogP contribution >= 0.6 is 0 Å². The van der Waals surface area contributed by atoms with Crippen molar-refractivity contribution in [3.63, 3.8) is 0 Å². The minimum atomic E-state index is 0.306. The second kappa shape index (κ2) is 8.57. The molecule has 1 amide bonds. The van der Waals surface area contributed by atoms with Crippen LogP contribution in [0.3, 0.4) is 0 Å². The van der Waals surface area contributed by atoms with Crippen molar-refractivity contribution >= 4 is 28.7 Å². The minimum Gasteiger partial charge on any atom is -0.340 e. The Morgan fingerprint density at radius 2 is 1.97 bits per heavy atom. The molecule has 1 saturated heterocycles. The molecule has 2 N–H and O–H groups in total. The van der Waals surface area contributed by atoms with Crippen LogP contribution in [0, 0.1) is 5.92 Å². The van der Waals surface area contributed by atoms with Gasteiger partial charge in [0, 0.05) is 63.6 Å². The van der Waals surface area contributed by atoms with Gasteiger partial charge in [0.2, 0.25) is 11.9 Å². The predicted octanol–water partition coefficient (Wildman–Crippen LogP) is 3.16. The van der Waals surface area contributed by atoms with E-state index >= 15 is 0 Å². The number of nitrogens with one attached hydrogen (secondary N) is 2. The van der Waals surface area contributed by atoms with E-state index in [2.05, 4.69) is 48.5 Å². The average molecular weight is 457 g/mol. The first-order valence-electron chi connectivity index (χ1n) is 11.8. The molecule has 9 nitrogen and oxygen atoms in total. The molecule has 4 aromatic rings. The molecule has 0 unspecified atom stereocenters. The Bertz CT molecular complexity index is 1330. The van der Waals surface area contributed by atoms with Crippen LogP contribution in [-0.2, 0) is 18.4 Å². The largest absolute Gasteiger partial charge is 0.340 e. The number of rotatable bonds is 6. The highest BCUT2D eigenvalue weighted by molar-refractivity contribution is 5.83. The van der Waals surface area contributed by atoms with Crippen molar-refractivity contribution in [3.05, 3.63) is 54.5 Å². The molecule has 4 heterocycles. The van der Waals surface area contributed by atoms with Gasteiger partial charge >= 0.3 is 0 Å². The van der Waals surface area contributed by atoms with Gasteiger partial charge in [-0.15, -0.1) is 0 Å². The number of aromatic nitrogens is 5. The van der Waals surface area contributed by atoms with Crippen molar-refractivity contribution in [1.82, 2.24) is 34.5 Å². The SMILES string of the molecule is Cn1cc(-c2ccc3nc(Nc4cc(CN5CCN(C(=O)C6CC6)CC5)ccn4)[nH]c3c2)cn1. The topological polar surface area (TPSA) is 95.0 Å². The fraction of sp³-hybridized carbons (Fsp3) is 0.360. The highest BCUT2D eigenvalue weighted by Crippen LogP contribution is 2.31. The quantitative estimate of drug-likeness (QED) is 0.463. The fourth-order valence-electron chi connectivity index (χ4n) is 4.55. The first kappa shape index (κ1) is 20.9. The van der Waals surface area contributed by atoms with Crippen LogP contribution in [0.1, 0.15) is 18.4 Å². The van der Waals surface area contributed by atoms with E-state index in [1.165, 1.54) is 5.56 Å². The van der Waals surface area contributed by atoms with Gasteiger partial charge in [-0.3, -0.25) is 14.4 Å². The third-order valence-electron chi connectivity index (χ3n) is 6.61. The van der Waals surface area contributed by atoms with E-state index in [9.17, 15) is 4.79 Å². The summed E-state index contributed by atoms with van der Waals surface area (Å²) in [7, 11) is 1.91. The normalized spacial score (nSPS) is 16.8. The average Bonchev–Trinajstić information content (AvgIpc) is 3.48. The van der Waals surface area contributed by atoms with Crippen LogP contribution in [0.2, 0.25) is 0 Å². The van der Waals surface area contributed by atoms with Crippen molar-refractivity contribution < 1.29 is 4.79 Å². The van der Waals surface area contributed by atoms with Crippen molar-refractivity contribution in [1.29, 1.82) is 0 Å². The van der Waals surface area contributed by atoms with E-state index in [-0.39, 0.29) is 0 Å². The van der Waals surface area contributed by atoms with Gasteiger partial charge < -0.3 is 15.2 Å². The molecule has 1 aliphatic heterocycles. The number of anilines is 2. The van der Waals surface area contributed by atoms with Gasteiger partial charge in [-0.2, -0.15) is 5.10 Å². The third kappa shape index (κ3) is 4.38. The molecule has 1 saturated carbocycles. The number of piperazine rings is 1. The number of benzene rings is 1.